The van der Waals surface area contributed by atoms with Crippen molar-refractivity contribution in [2.24, 2.45) is 0 Å². The third-order valence-corrected chi connectivity index (χ3v) is 7.28. The number of esters is 2. The fraction of sp³-hybridized carbons (Fsp3) is 0.111. The number of nitrogens with zero attached hydrogens (tertiary/aromatic N) is 1. The molecule has 202 valence electrons. The number of rotatable bonds is 8. The number of hydrogen-bond donors (Lipinski definition) is 0. The summed E-state index contributed by atoms with van der Waals surface area (Å²) < 4.78 is 10.8. The van der Waals surface area contributed by atoms with Crippen LogP contribution in [0.4, 0.5) is 17.1 Å². The molecule has 0 spiro atoms. The Kier molecular flexibility index (Phi) is 6.86. The van der Waals surface area contributed by atoms with Gasteiger partial charge in [-0.25, -0.2) is 4.79 Å². The maximum absolute atomic E-state index is 12.1. The molecule has 0 saturated carbocycles. The number of ether oxygens (including phenoxy) is 2. The van der Waals surface area contributed by atoms with Gasteiger partial charge < -0.3 is 14.4 Å². The van der Waals surface area contributed by atoms with Crippen molar-refractivity contribution in [2.45, 2.75) is 26.9 Å². The van der Waals surface area contributed by atoms with E-state index in [1.165, 1.54) is 26.9 Å². The molecule has 5 nitrogen and oxygen atoms in total. The zero-order valence-corrected chi connectivity index (χ0v) is 23.0. The predicted octanol–water partition coefficient (Wildman–Crippen LogP) is 8.99. The zero-order chi connectivity index (χ0) is 28.5. The normalized spacial score (nSPS) is 11.2. The molecule has 0 saturated heterocycles. The summed E-state index contributed by atoms with van der Waals surface area (Å²) in [6, 6.07) is 34.9. The first kappa shape index (κ1) is 26.1. The van der Waals surface area contributed by atoms with Gasteiger partial charge in [-0.05, 0) is 81.9 Å². The minimum atomic E-state index is -0.458. The van der Waals surface area contributed by atoms with Crippen molar-refractivity contribution < 1.29 is 19.1 Å². The lowest BCUT2D eigenvalue weighted by atomic mass is 9.93. The van der Waals surface area contributed by atoms with E-state index in [1.807, 2.05) is 36.4 Å². The first-order chi connectivity index (χ1) is 19.9. The Morgan fingerprint density at radius 1 is 0.732 bits per heavy atom. The maximum Gasteiger partial charge on any atom is 0.338 e. The zero-order valence-electron chi connectivity index (χ0n) is 23.0. The molecule has 0 N–H and O–H groups in total. The standard InChI is InChI=1S/C36H29NO4/c1-4-33(38)40-22-24-8-14-28(15-9-24)37(29-16-18-30(19-17-29)41-36(39)23(2)3)32-21-13-27-11-10-25-6-5-7-26-12-20-31(32)35(27)34(25)26/h5-21H,2,4,22H2,1,3H3. The molecule has 0 unspecified atom stereocenters. The highest BCUT2D eigenvalue weighted by Crippen LogP contribution is 2.44. The molecule has 6 aromatic rings. The Morgan fingerprint density at radius 2 is 1.32 bits per heavy atom. The summed E-state index contributed by atoms with van der Waals surface area (Å²) in [7, 11) is 0. The van der Waals surface area contributed by atoms with Gasteiger partial charge in [0.05, 0.1) is 5.69 Å². The molecule has 0 aromatic heterocycles. The molecule has 0 fully saturated rings. The van der Waals surface area contributed by atoms with Gasteiger partial charge in [0, 0.05) is 28.8 Å². The third-order valence-electron chi connectivity index (χ3n) is 7.28. The number of carbonyl (C=O) groups excluding carboxylic acids is 2. The van der Waals surface area contributed by atoms with Gasteiger partial charge in [-0.3, -0.25) is 4.79 Å². The highest BCUT2D eigenvalue weighted by atomic mass is 16.5. The van der Waals surface area contributed by atoms with Crippen LogP contribution in [0.2, 0.25) is 0 Å². The van der Waals surface area contributed by atoms with E-state index in [1.54, 1.807) is 26.0 Å². The number of carbonyl (C=O) groups is 2. The maximum atomic E-state index is 12.1. The van der Waals surface area contributed by atoms with Gasteiger partial charge in [-0.1, -0.05) is 74.2 Å². The van der Waals surface area contributed by atoms with Gasteiger partial charge >= 0.3 is 11.9 Å². The predicted molar refractivity (Wildman–Crippen MR) is 165 cm³/mol. The van der Waals surface area contributed by atoms with Crippen molar-refractivity contribution >= 4 is 61.3 Å². The summed E-state index contributed by atoms with van der Waals surface area (Å²) in [5.74, 6) is -0.234. The smallest absolute Gasteiger partial charge is 0.338 e. The highest BCUT2D eigenvalue weighted by molar-refractivity contribution is 6.25. The van der Waals surface area contributed by atoms with Crippen LogP contribution in [0.25, 0.3) is 32.3 Å². The number of anilines is 3. The largest absolute Gasteiger partial charge is 0.461 e. The molecule has 0 heterocycles. The van der Waals surface area contributed by atoms with Gasteiger partial charge in [-0.2, -0.15) is 0 Å². The Morgan fingerprint density at radius 3 is 1.95 bits per heavy atom. The first-order valence-corrected chi connectivity index (χ1v) is 13.6. The minimum absolute atomic E-state index is 0.225. The second-order valence-corrected chi connectivity index (χ2v) is 10.1. The van der Waals surface area contributed by atoms with E-state index in [0.29, 0.717) is 17.7 Å². The molecule has 5 heteroatoms. The second-order valence-electron chi connectivity index (χ2n) is 10.1. The molecule has 6 rings (SSSR count). The quantitative estimate of drug-likeness (QED) is 0.0836. The summed E-state index contributed by atoms with van der Waals surface area (Å²) in [5.41, 5.74) is 4.12. The van der Waals surface area contributed by atoms with Crippen molar-refractivity contribution in [3.63, 3.8) is 0 Å². The van der Waals surface area contributed by atoms with Crippen LogP contribution in [0.3, 0.4) is 0 Å². The topological polar surface area (TPSA) is 55.8 Å². The molecular formula is C36H29NO4. The minimum Gasteiger partial charge on any atom is -0.461 e. The molecule has 0 amide bonds. The lowest BCUT2D eigenvalue weighted by Crippen LogP contribution is -2.12. The summed E-state index contributed by atoms with van der Waals surface area (Å²) in [4.78, 5) is 25.9. The van der Waals surface area contributed by atoms with E-state index in [-0.39, 0.29) is 12.6 Å². The monoisotopic (exact) mass is 539 g/mol. The first-order valence-electron chi connectivity index (χ1n) is 13.6. The van der Waals surface area contributed by atoms with E-state index in [4.69, 9.17) is 9.47 Å². The molecule has 41 heavy (non-hydrogen) atoms. The lowest BCUT2D eigenvalue weighted by Gasteiger charge is -2.28. The third kappa shape index (κ3) is 4.98. The lowest BCUT2D eigenvalue weighted by molar-refractivity contribution is -0.144. The average molecular weight is 540 g/mol. The fourth-order valence-corrected chi connectivity index (χ4v) is 5.21. The van der Waals surface area contributed by atoms with Crippen LogP contribution in [-0.4, -0.2) is 11.9 Å². The molecule has 0 aliphatic heterocycles. The fourth-order valence-electron chi connectivity index (χ4n) is 5.21. The van der Waals surface area contributed by atoms with Gasteiger partial charge in [0.2, 0.25) is 0 Å². The van der Waals surface area contributed by atoms with Gasteiger partial charge in [-0.15, -0.1) is 0 Å². The van der Waals surface area contributed by atoms with Crippen LogP contribution < -0.4 is 9.64 Å². The summed E-state index contributed by atoms with van der Waals surface area (Å²) in [6.07, 6.45) is 0.345. The Labute approximate surface area is 238 Å². The van der Waals surface area contributed by atoms with Gasteiger partial charge in [0.25, 0.3) is 0 Å². The average Bonchev–Trinajstić information content (AvgIpc) is 3.00. The van der Waals surface area contributed by atoms with Crippen molar-refractivity contribution in [2.75, 3.05) is 4.90 Å². The van der Waals surface area contributed by atoms with Crippen LogP contribution in [0, 0.1) is 0 Å². The molecule has 0 aliphatic rings. The van der Waals surface area contributed by atoms with E-state index >= 15 is 0 Å². The summed E-state index contributed by atoms with van der Waals surface area (Å²) >= 11 is 0. The highest BCUT2D eigenvalue weighted by Gasteiger charge is 2.19. The molecule has 0 bridgehead atoms. The second kappa shape index (κ2) is 10.8. The van der Waals surface area contributed by atoms with E-state index < -0.39 is 5.97 Å². The van der Waals surface area contributed by atoms with Crippen molar-refractivity contribution in [1.82, 2.24) is 0 Å². The van der Waals surface area contributed by atoms with Crippen molar-refractivity contribution in [1.29, 1.82) is 0 Å². The molecular weight excluding hydrogens is 510 g/mol. The Bertz CT molecular complexity index is 1890. The molecule has 6 aromatic carbocycles. The van der Waals surface area contributed by atoms with E-state index in [0.717, 1.165) is 28.0 Å². The van der Waals surface area contributed by atoms with Crippen molar-refractivity contribution in [3.8, 4) is 5.75 Å². The van der Waals surface area contributed by atoms with Crippen LogP contribution in [0.5, 0.6) is 5.75 Å². The van der Waals surface area contributed by atoms with Crippen LogP contribution in [-0.2, 0) is 20.9 Å². The molecule has 0 atom stereocenters. The van der Waals surface area contributed by atoms with Crippen LogP contribution in [0.15, 0.2) is 115 Å². The SMILES string of the molecule is C=C(C)C(=O)Oc1ccc(N(c2ccc(COC(=O)CC)cc2)c2ccc3ccc4cccc5ccc2c3c45)cc1. The Hall–Kier alpha value is -5.16. The van der Waals surface area contributed by atoms with Crippen molar-refractivity contribution in [3.05, 3.63) is 121 Å². The summed E-state index contributed by atoms with van der Waals surface area (Å²) in [6.45, 7) is 7.30. The molecule has 0 radical (unpaired) electrons. The van der Waals surface area contributed by atoms with Crippen LogP contribution in [0.1, 0.15) is 25.8 Å². The van der Waals surface area contributed by atoms with E-state index in [2.05, 4.69) is 66.1 Å². The van der Waals surface area contributed by atoms with Gasteiger partial charge in [0.1, 0.15) is 12.4 Å². The Balaban J connectivity index is 1.48. The number of hydrogen-bond acceptors (Lipinski definition) is 5. The van der Waals surface area contributed by atoms with Crippen LogP contribution >= 0.6 is 0 Å². The summed E-state index contributed by atoms with van der Waals surface area (Å²) in [5, 5.41) is 7.20. The van der Waals surface area contributed by atoms with E-state index in [9.17, 15) is 9.59 Å². The molecule has 0 aliphatic carbocycles. The number of benzene rings is 6. The van der Waals surface area contributed by atoms with Gasteiger partial charge in [0.15, 0.2) is 0 Å².